The van der Waals surface area contributed by atoms with Crippen molar-refractivity contribution in [3.05, 3.63) is 29.6 Å². The van der Waals surface area contributed by atoms with E-state index in [9.17, 15) is 4.39 Å². The van der Waals surface area contributed by atoms with Crippen LogP contribution >= 0.6 is 0 Å². The number of rotatable bonds is 3. The van der Waals surface area contributed by atoms with E-state index in [1.165, 1.54) is 18.6 Å². The van der Waals surface area contributed by atoms with Gasteiger partial charge in [-0.3, -0.25) is 0 Å². The molecule has 1 aliphatic carbocycles. The van der Waals surface area contributed by atoms with Crippen LogP contribution in [0.3, 0.4) is 0 Å². The second-order valence-corrected chi connectivity index (χ2v) is 5.51. The van der Waals surface area contributed by atoms with E-state index >= 15 is 0 Å². The third-order valence-electron chi connectivity index (χ3n) is 4.02. The molecule has 1 aliphatic rings. The Morgan fingerprint density at radius 3 is 2.67 bits per heavy atom. The molecule has 0 amide bonds. The highest BCUT2D eigenvalue weighted by Gasteiger charge is 2.25. The number of hydrogen-bond acceptors (Lipinski definition) is 2. The summed E-state index contributed by atoms with van der Waals surface area (Å²) in [4.78, 5) is 0. The van der Waals surface area contributed by atoms with Crippen LogP contribution in [0.4, 0.5) is 4.39 Å². The first-order valence-corrected chi connectivity index (χ1v) is 6.74. The maximum atomic E-state index is 13.4. The van der Waals surface area contributed by atoms with Crippen LogP contribution in [0.15, 0.2) is 18.2 Å². The molecule has 3 atom stereocenters. The van der Waals surface area contributed by atoms with E-state index in [-0.39, 0.29) is 11.9 Å². The van der Waals surface area contributed by atoms with Crippen molar-refractivity contribution in [1.82, 2.24) is 0 Å². The Kier molecular flexibility index (Phi) is 4.23. The Hall–Kier alpha value is -1.09. The maximum Gasteiger partial charge on any atom is 0.127 e. The minimum Gasteiger partial charge on any atom is -0.490 e. The van der Waals surface area contributed by atoms with Crippen molar-refractivity contribution in [3.63, 3.8) is 0 Å². The molecule has 100 valence electrons. The van der Waals surface area contributed by atoms with E-state index in [1.54, 1.807) is 0 Å². The molecule has 0 aliphatic heterocycles. The molecule has 2 N–H and O–H groups in total. The van der Waals surface area contributed by atoms with Gasteiger partial charge in [-0.25, -0.2) is 4.39 Å². The molecule has 2 rings (SSSR count). The van der Waals surface area contributed by atoms with Gasteiger partial charge in [0, 0.05) is 12.6 Å². The summed E-state index contributed by atoms with van der Waals surface area (Å²) >= 11 is 0. The zero-order valence-electron chi connectivity index (χ0n) is 11.2. The Bertz CT molecular complexity index is 407. The van der Waals surface area contributed by atoms with E-state index in [1.807, 2.05) is 6.07 Å². The molecule has 2 nitrogen and oxygen atoms in total. The fraction of sp³-hybridized carbons (Fsp3) is 0.600. The number of benzene rings is 1. The van der Waals surface area contributed by atoms with Crippen LogP contribution in [-0.4, -0.2) is 6.10 Å². The zero-order valence-corrected chi connectivity index (χ0v) is 11.2. The normalized spacial score (nSPS) is 28.1. The lowest BCUT2D eigenvalue weighted by atomic mass is 9.80. The van der Waals surface area contributed by atoms with Crippen LogP contribution in [0.2, 0.25) is 0 Å². The fourth-order valence-electron chi connectivity index (χ4n) is 2.60. The lowest BCUT2D eigenvalue weighted by molar-refractivity contribution is 0.100. The fourth-order valence-corrected chi connectivity index (χ4v) is 2.60. The molecule has 3 heteroatoms. The van der Waals surface area contributed by atoms with E-state index in [0.717, 1.165) is 24.3 Å². The van der Waals surface area contributed by atoms with Crippen molar-refractivity contribution in [3.8, 4) is 5.75 Å². The number of ether oxygens (including phenoxy) is 1. The summed E-state index contributed by atoms with van der Waals surface area (Å²) in [5, 5.41) is 0. The molecular weight excluding hydrogens is 229 g/mol. The van der Waals surface area contributed by atoms with Gasteiger partial charge < -0.3 is 10.5 Å². The molecular formula is C15H22FNO. The molecule has 0 spiro atoms. The van der Waals surface area contributed by atoms with Gasteiger partial charge in [0.25, 0.3) is 0 Å². The average molecular weight is 251 g/mol. The third kappa shape index (κ3) is 3.22. The van der Waals surface area contributed by atoms with Gasteiger partial charge in [0.15, 0.2) is 0 Å². The van der Waals surface area contributed by atoms with E-state index in [4.69, 9.17) is 10.5 Å². The molecule has 1 aromatic carbocycles. The molecule has 0 bridgehead atoms. The second kappa shape index (κ2) is 5.70. The lowest BCUT2D eigenvalue weighted by Crippen LogP contribution is -2.28. The van der Waals surface area contributed by atoms with Crippen LogP contribution in [0.25, 0.3) is 0 Å². The summed E-state index contributed by atoms with van der Waals surface area (Å²) < 4.78 is 19.3. The molecule has 3 unspecified atom stereocenters. The zero-order chi connectivity index (χ0) is 13.1. The Labute approximate surface area is 108 Å². The molecule has 0 saturated heterocycles. The summed E-state index contributed by atoms with van der Waals surface area (Å²) in [6.45, 7) is 4.89. The summed E-state index contributed by atoms with van der Waals surface area (Å²) in [7, 11) is 0. The molecule has 0 aromatic heterocycles. The van der Waals surface area contributed by atoms with Crippen LogP contribution < -0.4 is 10.5 Å². The van der Waals surface area contributed by atoms with Crippen molar-refractivity contribution < 1.29 is 9.13 Å². The smallest absolute Gasteiger partial charge is 0.127 e. The van der Waals surface area contributed by atoms with Crippen LogP contribution in [0, 0.1) is 17.7 Å². The van der Waals surface area contributed by atoms with Crippen molar-refractivity contribution >= 4 is 0 Å². The molecule has 0 heterocycles. The predicted octanol–water partition coefficient (Wildman–Crippen LogP) is 3.49. The first-order chi connectivity index (χ1) is 8.58. The SMILES string of the molecule is CC1CCC(Oc2cc(F)cc(CN)c2)CC1C. The predicted molar refractivity (Wildman–Crippen MR) is 70.9 cm³/mol. The Morgan fingerprint density at radius 2 is 2.00 bits per heavy atom. The molecule has 0 radical (unpaired) electrons. The van der Waals surface area contributed by atoms with Crippen LogP contribution in [0.1, 0.15) is 38.7 Å². The number of halogens is 1. The minimum absolute atomic E-state index is 0.212. The van der Waals surface area contributed by atoms with Crippen LogP contribution in [0.5, 0.6) is 5.75 Å². The first-order valence-electron chi connectivity index (χ1n) is 6.74. The van der Waals surface area contributed by atoms with E-state index in [0.29, 0.717) is 18.2 Å². The van der Waals surface area contributed by atoms with Gasteiger partial charge in [0.05, 0.1) is 6.10 Å². The molecule has 1 saturated carbocycles. The third-order valence-corrected chi connectivity index (χ3v) is 4.02. The summed E-state index contributed by atoms with van der Waals surface area (Å²) in [5.74, 6) is 1.77. The van der Waals surface area contributed by atoms with Gasteiger partial charge >= 0.3 is 0 Å². The maximum absolute atomic E-state index is 13.4. The second-order valence-electron chi connectivity index (χ2n) is 5.51. The van der Waals surface area contributed by atoms with Crippen LogP contribution in [-0.2, 0) is 6.54 Å². The topological polar surface area (TPSA) is 35.2 Å². The Morgan fingerprint density at radius 1 is 1.22 bits per heavy atom. The van der Waals surface area contributed by atoms with Gasteiger partial charge in [-0.1, -0.05) is 13.8 Å². The van der Waals surface area contributed by atoms with Gasteiger partial charge in [-0.2, -0.15) is 0 Å². The summed E-state index contributed by atoms with van der Waals surface area (Å²) in [5.41, 5.74) is 6.32. The minimum atomic E-state index is -0.273. The highest BCUT2D eigenvalue weighted by Crippen LogP contribution is 2.32. The van der Waals surface area contributed by atoms with Crippen molar-refractivity contribution in [2.45, 2.75) is 45.8 Å². The summed E-state index contributed by atoms with van der Waals surface area (Å²) in [6.07, 6.45) is 3.50. The van der Waals surface area contributed by atoms with Crippen molar-refractivity contribution in [2.24, 2.45) is 17.6 Å². The van der Waals surface area contributed by atoms with Crippen molar-refractivity contribution in [2.75, 3.05) is 0 Å². The molecule has 1 fully saturated rings. The lowest BCUT2D eigenvalue weighted by Gasteiger charge is -2.32. The molecule has 1 aromatic rings. The van der Waals surface area contributed by atoms with Gasteiger partial charge in [-0.15, -0.1) is 0 Å². The van der Waals surface area contributed by atoms with E-state index < -0.39 is 0 Å². The standard InChI is InChI=1S/C15H22FNO/c1-10-3-4-14(5-11(10)2)18-15-7-12(9-17)6-13(16)8-15/h6-8,10-11,14H,3-5,9,17H2,1-2H3. The first kappa shape index (κ1) is 13.3. The largest absolute Gasteiger partial charge is 0.490 e. The monoisotopic (exact) mass is 251 g/mol. The highest BCUT2D eigenvalue weighted by atomic mass is 19.1. The highest BCUT2D eigenvalue weighted by molar-refractivity contribution is 5.29. The van der Waals surface area contributed by atoms with Gasteiger partial charge in [0.1, 0.15) is 11.6 Å². The molecule has 18 heavy (non-hydrogen) atoms. The van der Waals surface area contributed by atoms with Gasteiger partial charge in [0.2, 0.25) is 0 Å². The summed E-state index contributed by atoms with van der Waals surface area (Å²) in [6, 6.07) is 4.74. The average Bonchev–Trinajstić information content (AvgIpc) is 2.33. The van der Waals surface area contributed by atoms with Gasteiger partial charge in [-0.05, 0) is 48.8 Å². The van der Waals surface area contributed by atoms with E-state index in [2.05, 4.69) is 13.8 Å². The number of nitrogens with two attached hydrogens (primary N) is 1. The quantitative estimate of drug-likeness (QED) is 0.892. The van der Waals surface area contributed by atoms with Crippen molar-refractivity contribution in [1.29, 1.82) is 0 Å². The number of hydrogen-bond donors (Lipinski definition) is 1. The Balaban J connectivity index is 2.03.